The molecule has 0 bridgehead atoms. The minimum Gasteiger partial charge on any atom is -0.481 e. The van der Waals surface area contributed by atoms with E-state index < -0.39 is 27.9 Å². The summed E-state index contributed by atoms with van der Waals surface area (Å²) in [5.74, 6) is -1.95. The number of aliphatic carboxylic acids is 1. The zero-order valence-electron chi connectivity index (χ0n) is 14.5. The van der Waals surface area contributed by atoms with Gasteiger partial charge in [0.15, 0.2) is 0 Å². The third-order valence-corrected chi connectivity index (χ3v) is 4.47. The molecule has 1 aromatic heterocycles. The van der Waals surface area contributed by atoms with Crippen molar-refractivity contribution in [3.63, 3.8) is 0 Å². The van der Waals surface area contributed by atoms with Gasteiger partial charge in [0.2, 0.25) is 5.56 Å². The molecule has 0 fully saturated rings. The molecular formula is C17H19N3O6. The second-order valence-electron chi connectivity index (χ2n) is 6.63. The van der Waals surface area contributed by atoms with Crippen LogP contribution >= 0.6 is 0 Å². The molecule has 9 nitrogen and oxygen atoms in total. The fraction of sp³-hybridized carbons (Fsp3) is 0.353. The first-order valence-electron chi connectivity index (χ1n) is 7.89. The number of carboxylic acid groups (broad SMARTS) is 1. The number of aromatic nitrogens is 1. The molecule has 1 unspecified atom stereocenters. The number of nitro benzene ring substituents is 1. The van der Waals surface area contributed by atoms with Crippen molar-refractivity contribution in [3.05, 3.63) is 50.3 Å². The van der Waals surface area contributed by atoms with Crippen molar-refractivity contribution in [2.75, 3.05) is 0 Å². The Morgan fingerprint density at radius 2 is 2.00 bits per heavy atom. The van der Waals surface area contributed by atoms with E-state index in [1.165, 1.54) is 18.2 Å². The van der Waals surface area contributed by atoms with Crippen LogP contribution < -0.4 is 10.9 Å². The molecule has 1 amide bonds. The Bertz CT molecular complexity index is 949. The fourth-order valence-electron chi connectivity index (χ4n) is 2.58. The lowest BCUT2D eigenvalue weighted by Gasteiger charge is -2.33. The molecule has 1 atom stereocenters. The molecule has 26 heavy (non-hydrogen) atoms. The SMILES string of the molecule is CC(C)C(C)(CC(=O)O)NC(=O)c1cc(=O)[nH]c2ccc([N+](=O)[O-])cc12. The third-order valence-electron chi connectivity index (χ3n) is 4.47. The van der Waals surface area contributed by atoms with Gasteiger partial charge in [-0.05, 0) is 18.9 Å². The lowest BCUT2D eigenvalue weighted by molar-refractivity contribution is -0.384. The third kappa shape index (κ3) is 3.88. The summed E-state index contributed by atoms with van der Waals surface area (Å²) < 4.78 is 0. The van der Waals surface area contributed by atoms with E-state index in [-0.39, 0.29) is 34.5 Å². The van der Waals surface area contributed by atoms with Crippen LogP contribution in [-0.2, 0) is 4.79 Å². The Morgan fingerprint density at radius 3 is 2.54 bits per heavy atom. The second kappa shape index (κ2) is 6.95. The molecule has 1 heterocycles. The molecule has 0 saturated carbocycles. The molecule has 0 radical (unpaired) electrons. The van der Waals surface area contributed by atoms with Crippen LogP contribution in [0.15, 0.2) is 29.1 Å². The average molecular weight is 361 g/mol. The second-order valence-corrected chi connectivity index (χ2v) is 6.63. The average Bonchev–Trinajstić information content (AvgIpc) is 2.52. The number of rotatable bonds is 6. The molecule has 0 aliphatic heterocycles. The first kappa shape index (κ1) is 19.1. The molecule has 2 aromatic rings. The number of nitrogens with one attached hydrogen (secondary N) is 2. The van der Waals surface area contributed by atoms with E-state index in [1.807, 2.05) is 0 Å². The van der Waals surface area contributed by atoms with Gasteiger partial charge in [0.1, 0.15) is 0 Å². The predicted molar refractivity (Wildman–Crippen MR) is 94.2 cm³/mol. The van der Waals surface area contributed by atoms with Crippen LogP contribution in [0.2, 0.25) is 0 Å². The molecule has 3 N–H and O–H groups in total. The maximum Gasteiger partial charge on any atom is 0.305 e. The molecule has 0 aliphatic carbocycles. The number of hydrogen-bond acceptors (Lipinski definition) is 5. The molecular weight excluding hydrogens is 342 g/mol. The van der Waals surface area contributed by atoms with Gasteiger partial charge >= 0.3 is 5.97 Å². The van der Waals surface area contributed by atoms with Crippen LogP contribution in [0.5, 0.6) is 0 Å². The maximum absolute atomic E-state index is 12.8. The Balaban J connectivity index is 2.55. The van der Waals surface area contributed by atoms with Crippen LogP contribution in [0.1, 0.15) is 37.6 Å². The minimum absolute atomic E-state index is 0.0512. The largest absolute Gasteiger partial charge is 0.481 e. The van der Waals surface area contributed by atoms with E-state index >= 15 is 0 Å². The lowest BCUT2D eigenvalue weighted by Crippen LogP contribution is -2.51. The first-order valence-corrected chi connectivity index (χ1v) is 7.89. The van der Waals surface area contributed by atoms with E-state index in [0.717, 1.165) is 6.07 Å². The molecule has 0 saturated heterocycles. The summed E-state index contributed by atoms with van der Waals surface area (Å²) in [7, 11) is 0. The van der Waals surface area contributed by atoms with Gasteiger partial charge in [0.25, 0.3) is 11.6 Å². The first-order chi connectivity index (χ1) is 12.0. The summed E-state index contributed by atoms with van der Waals surface area (Å²) in [4.78, 5) is 48.7. The minimum atomic E-state index is -1.08. The van der Waals surface area contributed by atoms with Gasteiger partial charge in [0, 0.05) is 29.1 Å². The van der Waals surface area contributed by atoms with Gasteiger partial charge in [-0.15, -0.1) is 0 Å². The number of nitrogens with zero attached hydrogens (tertiary/aromatic N) is 1. The van der Waals surface area contributed by atoms with Crippen molar-refractivity contribution < 1.29 is 19.6 Å². The Labute approximate surface area is 148 Å². The maximum atomic E-state index is 12.8. The number of aromatic amines is 1. The van der Waals surface area contributed by atoms with Crippen LogP contribution in [0.3, 0.4) is 0 Å². The highest BCUT2D eigenvalue weighted by atomic mass is 16.6. The van der Waals surface area contributed by atoms with Crippen LogP contribution in [0.4, 0.5) is 5.69 Å². The van der Waals surface area contributed by atoms with Crippen molar-refractivity contribution in [2.24, 2.45) is 5.92 Å². The number of carbonyl (C=O) groups is 2. The van der Waals surface area contributed by atoms with Crippen molar-refractivity contribution in [2.45, 2.75) is 32.7 Å². The van der Waals surface area contributed by atoms with E-state index in [9.17, 15) is 24.5 Å². The molecule has 1 aromatic carbocycles. The molecule has 2 rings (SSSR count). The van der Waals surface area contributed by atoms with E-state index in [1.54, 1.807) is 20.8 Å². The highest BCUT2D eigenvalue weighted by Gasteiger charge is 2.33. The summed E-state index contributed by atoms with van der Waals surface area (Å²) in [5.41, 5.74) is -1.60. The summed E-state index contributed by atoms with van der Waals surface area (Å²) in [6.07, 6.45) is -0.308. The summed E-state index contributed by atoms with van der Waals surface area (Å²) in [6.45, 7) is 5.13. The monoisotopic (exact) mass is 361 g/mol. The number of benzene rings is 1. The van der Waals surface area contributed by atoms with Crippen molar-refractivity contribution >= 4 is 28.5 Å². The smallest absolute Gasteiger partial charge is 0.305 e. The van der Waals surface area contributed by atoms with Gasteiger partial charge in [-0.2, -0.15) is 0 Å². The van der Waals surface area contributed by atoms with Crippen LogP contribution in [0, 0.1) is 16.0 Å². The highest BCUT2D eigenvalue weighted by Crippen LogP contribution is 2.25. The van der Waals surface area contributed by atoms with Crippen molar-refractivity contribution in [1.82, 2.24) is 10.3 Å². The van der Waals surface area contributed by atoms with Crippen LogP contribution in [0.25, 0.3) is 10.9 Å². The number of carboxylic acids is 1. The Kier molecular flexibility index (Phi) is 5.10. The van der Waals surface area contributed by atoms with E-state index in [4.69, 9.17) is 5.11 Å². The number of non-ortho nitro benzene ring substituents is 1. The predicted octanol–water partition coefficient (Wildman–Crippen LogP) is 2.06. The van der Waals surface area contributed by atoms with Gasteiger partial charge in [-0.3, -0.25) is 24.5 Å². The summed E-state index contributed by atoms with van der Waals surface area (Å²) in [5, 5.41) is 23.0. The summed E-state index contributed by atoms with van der Waals surface area (Å²) >= 11 is 0. The standard InChI is InChI=1S/C17H19N3O6/c1-9(2)17(3,8-15(22)23)19-16(24)12-7-14(21)18-13-5-4-10(20(25)26)6-11(12)13/h4-7,9H,8H2,1-3H3,(H,18,21)(H,19,24)(H,22,23). The zero-order valence-corrected chi connectivity index (χ0v) is 14.5. The van der Waals surface area contributed by atoms with Gasteiger partial charge in [-0.25, -0.2) is 0 Å². The highest BCUT2D eigenvalue weighted by molar-refractivity contribution is 6.06. The van der Waals surface area contributed by atoms with E-state index in [0.29, 0.717) is 0 Å². The Hall–Kier alpha value is -3.23. The van der Waals surface area contributed by atoms with Crippen molar-refractivity contribution in [1.29, 1.82) is 0 Å². The number of pyridine rings is 1. The lowest BCUT2D eigenvalue weighted by atomic mass is 9.85. The molecule has 0 aliphatic rings. The summed E-state index contributed by atoms with van der Waals surface area (Å²) in [6, 6.07) is 4.82. The Morgan fingerprint density at radius 1 is 1.35 bits per heavy atom. The number of carbonyl (C=O) groups excluding carboxylic acids is 1. The molecule has 138 valence electrons. The van der Waals surface area contributed by atoms with Gasteiger partial charge in [0.05, 0.1) is 22.4 Å². The van der Waals surface area contributed by atoms with Crippen LogP contribution in [-0.4, -0.2) is 32.4 Å². The normalized spacial score (nSPS) is 13.4. The topological polar surface area (TPSA) is 142 Å². The number of H-pyrrole nitrogens is 1. The number of nitro groups is 1. The number of fused-ring (bicyclic) bond motifs is 1. The quantitative estimate of drug-likeness (QED) is 0.531. The number of hydrogen-bond donors (Lipinski definition) is 3. The number of amides is 1. The van der Waals surface area contributed by atoms with Gasteiger partial charge < -0.3 is 15.4 Å². The van der Waals surface area contributed by atoms with Crippen molar-refractivity contribution in [3.8, 4) is 0 Å². The van der Waals surface area contributed by atoms with E-state index in [2.05, 4.69) is 10.3 Å². The molecule has 9 heteroatoms. The fourth-order valence-corrected chi connectivity index (χ4v) is 2.58. The van der Waals surface area contributed by atoms with Gasteiger partial charge in [-0.1, -0.05) is 13.8 Å². The zero-order chi connectivity index (χ0) is 19.6. The molecule has 0 spiro atoms.